The summed E-state index contributed by atoms with van der Waals surface area (Å²) >= 11 is 1.88. The highest BCUT2D eigenvalue weighted by Gasteiger charge is 2.14. The van der Waals surface area contributed by atoms with Crippen molar-refractivity contribution < 1.29 is 16.8 Å². The molecule has 0 aliphatic rings. The fourth-order valence-electron chi connectivity index (χ4n) is 0.965. The number of rotatable bonds is 2. The first kappa shape index (κ1) is 12.9. The van der Waals surface area contributed by atoms with E-state index in [0.717, 1.165) is 12.5 Å². The second-order valence-electron chi connectivity index (χ2n) is 3.17. The van der Waals surface area contributed by atoms with E-state index in [2.05, 4.69) is 0 Å². The largest absolute Gasteiger partial charge is 0.224 e. The zero-order chi connectivity index (χ0) is 11.9. The highest BCUT2D eigenvalue weighted by atomic mass is 127. The Kier molecular flexibility index (Phi) is 3.46. The molecule has 7 heteroatoms. The molecule has 1 rings (SSSR count). The van der Waals surface area contributed by atoms with Gasteiger partial charge in [-0.1, -0.05) is 0 Å². The molecule has 0 spiro atoms. The van der Waals surface area contributed by atoms with Crippen molar-refractivity contribution in [3.05, 3.63) is 21.8 Å². The van der Waals surface area contributed by atoms with Crippen LogP contribution in [0.15, 0.2) is 28.0 Å². The standard InChI is InChI=1S/C8H9IO4S2/c1-14(10,11)7-3-6(9)4-8(5-7)15(2,12)13/h3-5H,1-2H3. The Bertz CT molecular complexity index is 537. The van der Waals surface area contributed by atoms with Crippen LogP contribution >= 0.6 is 22.6 Å². The van der Waals surface area contributed by atoms with Crippen LogP contribution in [-0.2, 0) is 19.7 Å². The predicted molar refractivity (Wildman–Crippen MR) is 65.4 cm³/mol. The Morgan fingerprint density at radius 3 is 1.47 bits per heavy atom. The first-order valence-corrected chi connectivity index (χ1v) is 8.67. The highest BCUT2D eigenvalue weighted by molar-refractivity contribution is 14.1. The van der Waals surface area contributed by atoms with Gasteiger partial charge in [-0.05, 0) is 40.8 Å². The van der Waals surface area contributed by atoms with Crippen molar-refractivity contribution in [1.29, 1.82) is 0 Å². The minimum atomic E-state index is -3.38. The molecule has 0 fully saturated rings. The average Bonchev–Trinajstić information content (AvgIpc) is 1.99. The molecular weight excluding hydrogens is 351 g/mol. The summed E-state index contributed by atoms with van der Waals surface area (Å²) in [5, 5.41) is 0. The van der Waals surface area contributed by atoms with Crippen LogP contribution in [0.5, 0.6) is 0 Å². The van der Waals surface area contributed by atoms with Crippen molar-refractivity contribution >= 4 is 42.3 Å². The summed E-state index contributed by atoms with van der Waals surface area (Å²) in [6, 6.07) is 4.04. The van der Waals surface area contributed by atoms with E-state index in [4.69, 9.17) is 0 Å². The lowest BCUT2D eigenvalue weighted by molar-refractivity contribution is 0.600. The van der Waals surface area contributed by atoms with Crippen molar-refractivity contribution in [3.63, 3.8) is 0 Å². The van der Waals surface area contributed by atoms with Crippen LogP contribution in [0.4, 0.5) is 0 Å². The monoisotopic (exact) mass is 360 g/mol. The van der Waals surface area contributed by atoms with Gasteiger partial charge < -0.3 is 0 Å². The van der Waals surface area contributed by atoms with Gasteiger partial charge in [0.05, 0.1) is 9.79 Å². The summed E-state index contributed by atoms with van der Waals surface area (Å²) in [4.78, 5) is 0.0460. The van der Waals surface area contributed by atoms with Crippen LogP contribution in [0, 0.1) is 3.57 Å². The summed E-state index contributed by atoms with van der Waals surface area (Å²) < 4.78 is 45.6. The van der Waals surface area contributed by atoms with E-state index >= 15 is 0 Å². The van der Waals surface area contributed by atoms with E-state index in [1.807, 2.05) is 22.6 Å². The van der Waals surface area contributed by atoms with Gasteiger partial charge in [-0.3, -0.25) is 0 Å². The molecule has 0 aliphatic carbocycles. The van der Waals surface area contributed by atoms with Gasteiger partial charge in [0.15, 0.2) is 19.7 Å². The van der Waals surface area contributed by atoms with Crippen LogP contribution < -0.4 is 0 Å². The Hall–Kier alpha value is -0.150. The molecule has 0 saturated heterocycles. The van der Waals surface area contributed by atoms with Gasteiger partial charge >= 0.3 is 0 Å². The maximum absolute atomic E-state index is 11.3. The van der Waals surface area contributed by atoms with Crippen molar-refractivity contribution in [3.8, 4) is 0 Å². The predicted octanol–water partition coefficient (Wildman–Crippen LogP) is 1.10. The third kappa shape index (κ3) is 3.42. The normalized spacial score (nSPS) is 12.7. The number of halogens is 1. The molecule has 15 heavy (non-hydrogen) atoms. The molecule has 0 unspecified atom stereocenters. The first-order valence-electron chi connectivity index (χ1n) is 3.81. The lowest BCUT2D eigenvalue weighted by Gasteiger charge is -2.03. The second-order valence-corrected chi connectivity index (χ2v) is 8.44. The number of hydrogen-bond donors (Lipinski definition) is 0. The smallest absolute Gasteiger partial charge is 0.175 e. The lowest BCUT2D eigenvalue weighted by atomic mass is 10.4. The minimum absolute atomic E-state index is 0.0230. The summed E-state index contributed by atoms with van der Waals surface area (Å²) in [7, 11) is -6.75. The fraction of sp³-hybridized carbons (Fsp3) is 0.250. The maximum atomic E-state index is 11.3. The maximum Gasteiger partial charge on any atom is 0.175 e. The van der Waals surface area contributed by atoms with Gasteiger partial charge in [-0.2, -0.15) is 0 Å². The van der Waals surface area contributed by atoms with Crippen LogP contribution in [-0.4, -0.2) is 29.3 Å². The van der Waals surface area contributed by atoms with Gasteiger partial charge in [-0.15, -0.1) is 0 Å². The average molecular weight is 360 g/mol. The molecule has 0 atom stereocenters. The van der Waals surface area contributed by atoms with Gasteiger partial charge in [0.25, 0.3) is 0 Å². The number of hydrogen-bond acceptors (Lipinski definition) is 4. The van der Waals surface area contributed by atoms with Crippen molar-refractivity contribution in [2.45, 2.75) is 9.79 Å². The number of sulfone groups is 2. The van der Waals surface area contributed by atoms with Crippen LogP contribution in [0.25, 0.3) is 0 Å². The fourth-order valence-corrected chi connectivity index (χ4v) is 3.50. The molecule has 0 radical (unpaired) electrons. The molecule has 84 valence electrons. The summed E-state index contributed by atoms with van der Waals surface area (Å²) in [6.07, 6.45) is 2.09. The second kappa shape index (κ2) is 4.02. The molecule has 0 amide bonds. The van der Waals surface area contributed by atoms with Gasteiger partial charge in [0.1, 0.15) is 0 Å². The van der Waals surface area contributed by atoms with E-state index < -0.39 is 19.7 Å². The zero-order valence-electron chi connectivity index (χ0n) is 8.06. The lowest BCUT2D eigenvalue weighted by Crippen LogP contribution is -2.03. The zero-order valence-corrected chi connectivity index (χ0v) is 11.8. The van der Waals surface area contributed by atoms with Crippen LogP contribution in [0.2, 0.25) is 0 Å². The molecular formula is C8H9IO4S2. The van der Waals surface area contributed by atoms with Crippen molar-refractivity contribution in [1.82, 2.24) is 0 Å². The molecule has 0 heterocycles. The molecule has 0 saturated carbocycles. The molecule has 0 aliphatic heterocycles. The Labute approximate surface area is 103 Å². The SMILES string of the molecule is CS(=O)(=O)c1cc(I)cc(S(C)(=O)=O)c1. The minimum Gasteiger partial charge on any atom is -0.224 e. The summed E-state index contributed by atoms with van der Waals surface area (Å²) in [5.74, 6) is 0. The van der Waals surface area contributed by atoms with Crippen LogP contribution in [0.3, 0.4) is 0 Å². The van der Waals surface area contributed by atoms with E-state index in [-0.39, 0.29) is 9.79 Å². The Morgan fingerprint density at radius 1 is 0.867 bits per heavy atom. The van der Waals surface area contributed by atoms with E-state index in [1.165, 1.54) is 18.2 Å². The van der Waals surface area contributed by atoms with Gasteiger partial charge in [0.2, 0.25) is 0 Å². The molecule has 1 aromatic carbocycles. The molecule has 4 nitrogen and oxygen atoms in total. The van der Waals surface area contributed by atoms with E-state index in [0.29, 0.717) is 3.57 Å². The molecule has 1 aromatic rings. The molecule has 0 aromatic heterocycles. The van der Waals surface area contributed by atoms with Crippen LogP contribution in [0.1, 0.15) is 0 Å². The Morgan fingerprint density at radius 2 is 1.20 bits per heavy atom. The Balaban J connectivity index is 3.57. The molecule has 0 bridgehead atoms. The third-order valence-corrected chi connectivity index (χ3v) is 4.51. The molecule has 0 N–H and O–H groups in total. The summed E-state index contributed by atoms with van der Waals surface area (Å²) in [6.45, 7) is 0. The quantitative estimate of drug-likeness (QED) is 0.741. The van der Waals surface area contributed by atoms with E-state index in [1.54, 1.807) is 0 Å². The van der Waals surface area contributed by atoms with Gasteiger partial charge in [0, 0.05) is 16.1 Å². The third-order valence-electron chi connectivity index (χ3n) is 1.70. The van der Waals surface area contributed by atoms with E-state index in [9.17, 15) is 16.8 Å². The topological polar surface area (TPSA) is 68.3 Å². The number of benzene rings is 1. The van der Waals surface area contributed by atoms with Gasteiger partial charge in [-0.25, -0.2) is 16.8 Å². The van der Waals surface area contributed by atoms with Crippen molar-refractivity contribution in [2.24, 2.45) is 0 Å². The van der Waals surface area contributed by atoms with Crippen molar-refractivity contribution in [2.75, 3.05) is 12.5 Å². The highest BCUT2D eigenvalue weighted by Crippen LogP contribution is 2.20. The summed E-state index contributed by atoms with van der Waals surface area (Å²) in [5.41, 5.74) is 0. The first-order chi connectivity index (χ1) is 6.60.